The van der Waals surface area contributed by atoms with Gasteiger partial charge >= 0.3 is 0 Å². The Labute approximate surface area is 114 Å². The minimum absolute atomic E-state index is 0.178. The molecule has 1 aromatic carbocycles. The molecule has 1 heterocycles. The van der Waals surface area contributed by atoms with E-state index in [1.165, 1.54) is 5.56 Å². The van der Waals surface area contributed by atoms with Crippen LogP contribution in [0.3, 0.4) is 0 Å². The average Bonchev–Trinajstić information content (AvgIpc) is 2.38. The van der Waals surface area contributed by atoms with Crippen LogP contribution >= 0.6 is 0 Å². The van der Waals surface area contributed by atoms with Gasteiger partial charge in [0.2, 0.25) is 5.91 Å². The van der Waals surface area contributed by atoms with Crippen molar-refractivity contribution in [1.82, 2.24) is 4.90 Å². The van der Waals surface area contributed by atoms with Crippen molar-refractivity contribution in [1.29, 1.82) is 0 Å². The van der Waals surface area contributed by atoms with Crippen LogP contribution in [0.2, 0.25) is 0 Å². The molecule has 0 radical (unpaired) electrons. The van der Waals surface area contributed by atoms with Crippen LogP contribution in [0.1, 0.15) is 24.4 Å². The predicted molar refractivity (Wildman–Crippen MR) is 72.8 cm³/mol. The van der Waals surface area contributed by atoms with Crippen LogP contribution in [0, 0.1) is 0 Å². The van der Waals surface area contributed by atoms with Crippen molar-refractivity contribution in [3.63, 3.8) is 0 Å². The molecule has 4 heteroatoms. The molecule has 1 aromatic rings. The largest absolute Gasteiger partial charge is 0.382 e. The fraction of sp³-hybridized carbons (Fsp3) is 0.533. The monoisotopic (exact) mass is 263 g/mol. The molecule has 1 fully saturated rings. The van der Waals surface area contributed by atoms with Crippen molar-refractivity contribution in [2.45, 2.75) is 18.9 Å². The molecule has 0 unspecified atom stereocenters. The summed E-state index contributed by atoms with van der Waals surface area (Å²) in [4.78, 5) is 14.0. The van der Waals surface area contributed by atoms with Crippen LogP contribution in [0.25, 0.3) is 0 Å². The summed E-state index contributed by atoms with van der Waals surface area (Å²) in [5, 5.41) is 0. The van der Waals surface area contributed by atoms with Crippen LogP contribution in [0.4, 0.5) is 0 Å². The Kier molecular flexibility index (Phi) is 5.36. The zero-order chi connectivity index (χ0) is 13.5. The van der Waals surface area contributed by atoms with E-state index in [2.05, 4.69) is 12.1 Å². The number of ether oxygens (including phenoxy) is 2. The Morgan fingerprint density at radius 3 is 2.68 bits per heavy atom. The smallest absolute Gasteiger partial charge is 0.225 e. The molecule has 0 bridgehead atoms. The van der Waals surface area contributed by atoms with E-state index in [4.69, 9.17) is 9.47 Å². The second-order valence-corrected chi connectivity index (χ2v) is 4.66. The first-order chi connectivity index (χ1) is 9.33. The molecule has 0 N–H and O–H groups in total. The third kappa shape index (κ3) is 3.78. The van der Waals surface area contributed by atoms with Gasteiger partial charge in [-0.2, -0.15) is 0 Å². The number of carbonyl (C=O) groups is 1. The molecule has 2 rings (SSSR count). The summed E-state index contributed by atoms with van der Waals surface area (Å²) in [5.74, 6) is 0.178. The van der Waals surface area contributed by atoms with Gasteiger partial charge in [-0.05, 0) is 12.0 Å². The molecular formula is C15H21NO3. The van der Waals surface area contributed by atoms with Gasteiger partial charge in [0.05, 0.1) is 32.3 Å². The SMILES string of the molecule is COCCOCCC(=O)N1CC[C@@H]1c1ccccc1. The lowest BCUT2D eigenvalue weighted by Gasteiger charge is -2.41. The summed E-state index contributed by atoms with van der Waals surface area (Å²) in [7, 11) is 1.64. The van der Waals surface area contributed by atoms with Gasteiger partial charge in [-0.1, -0.05) is 30.3 Å². The van der Waals surface area contributed by atoms with Crippen LogP contribution in [0.15, 0.2) is 30.3 Å². The van der Waals surface area contributed by atoms with Crippen molar-refractivity contribution in [2.24, 2.45) is 0 Å². The van der Waals surface area contributed by atoms with Crippen molar-refractivity contribution in [3.8, 4) is 0 Å². The average molecular weight is 263 g/mol. The normalized spacial score (nSPS) is 18.2. The van der Waals surface area contributed by atoms with Crippen LogP contribution in [0.5, 0.6) is 0 Å². The van der Waals surface area contributed by atoms with Crippen LogP contribution in [-0.2, 0) is 14.3 Å². The van der Waals surface area contributed by atoms with Crippen molar-refractivity contribution < 1.29 is 14.3 Å². The van der Waals surface area contributed by atoms with E-state index >= 15 is 0 Å². The summed E-state index contributed by atoms with van der Waals surface area (Å²) in [5.41, 5.74) is 1.22. The highest BCUT2D eigenvalue weighted by Crippen LogP contribution is 2.33. The molecule has 19 heavy (non-hydrogen) atoms. The number of methoxy groups -OCH3 is 1. The van der Waals surface area contributed by atoms with Gasteiger partial charge in [-0.3, -0.25) is 4.79 Å². The number of hydrogen-bond acceptors (Lipinski definition) is 3. The third-order valence-electron chi connectivity index (χ3n) is 3.42. The van der Waals surface area contributed by atoms with E-state index in [1.54, 1.807) is 7.11 Å². The number of rotatable bonds is 7. The van der Waals surface area contributed by atoms with E-state index in [-0.39, 0.29) is 11.9 Å². The number of likely N-dealkylation sites (tertiary alicyclic amines) is 1. The lowest BCUT2D eigenvalue weighted by Crippen LogP contribution is -2.45. The minimum atomic E-state index is 0.178. The van der Waals surface area contributed by atoms with Gasteiger partial charge in [-0.15, -0.1) is 0 Å². The van der Waals surface area contributed by atoms with Crippen LogP contribution < -0.4 is 0 Å². The van der Waals surface area contributed by atoms with Gasteiger partial charge < -0.3 is 14.4 Å². The highest BCUT2D eigenvalue weighted by atomic mass is 16.5. The maximum absolute atomic E-state index is 12.1. The lowest BCUT2D eigenvalue weighted by atomic mass is 9.94. The molecule has 1 amide bonds. The Balaban J connectivity index is 1.74. The van der Waals surface area contributed by atoms with E-state index in [1.807, 2.05) is 23.1 Å². The summed E-state index contributed by atoms with van der Waals surface area (Å²) < 4.78 is 10.2. The molecule has 1 atom stereocenters. The van der Waals surface area contributed by atoms with E-state index < -0.39 is 0 Å². The van der Waals surface area contributed by atoms with Crippen molar-refractivity contribution >= 4 is 5.91 Å². The van der Waals surface area contributed by atoms with Gasteiger partial charge in [0, 0.05) is 13.7 Å². The number of carbonyl (C=O) groups excluding carboxylic acids is 1. The molecule has 4 nitrogen and oxygen atoms in total. The third-order valence-corrected chi connectivity index (χ3v) is 3.42. The summed E-state index contributed by atoms with van der Waals surface area (Å²) in [6.45, 7) is 2.45. The first kappa shape index (κ1) is 14.0. The maximum atomic E-state index is 12.1. The maximum Gasteiger partial charge on any atom is 0.225 e. The highest BCUT2D eigenvalue weighted by Gasteiger charge is 2.32. The van der Waals surface area contributed by atoms with E-state index in [0.29, 0.717) is 26.2 Å². The Morgan fingerprint density at radius 2 is 2.05 bits per heavy atom. The molecule has 0 aliphatic carbocycles. The van der Waals surface area contributed by atoms with E-state index in [0.717, 1.165) is 13.0 Å². The fourth-order valence-electron chi connectivity index (χ4n) is 2.26. The van der Waals surface area contributed by atoms with Crippen molar-refractivity contribution in [2.75, 3.05) is 33.5 Å². The fourth-order valence-corrected chi connectivity index (χ4v) is 2.26. The topological polar surface area (TPSA) is 38.8 Å². The highest BCUT2D eigenvalue weighted by molar-refractivity contribution is 5.77. The van der Waals surface area contributed by atoms with Gasteiger partial charge in [-0.25, -0.2) is 0 Å². The molecule has 1 aliphatic rings. The second-order valence-electron chi connectivity index (χ2n) is 4.66. The minimum Gasteiger partial charge on any atom is -0.382 e. The zero-order valence-electron chi connectivity index (χ0n) is 11.4. The first-order valence-electron chi connectivity index (χ1n) is 6.74. The molecule has 0 aromatic heterocycles. The number of nitrogens with zero attached hydrogens (tertiary/aromatic N) is 1. The Morgan fingerprint density at radius 1 is 1.26 bits per heavy atom. The predicted octanol–water partition coefficient (Wildman–Crippen LogP) is 2.01. The molecular weight excluding hydrogens is 242 g/mol. The molecule has 1 aliphatic heterocycles. The first-order valence-corrected chi connectivity index (χ1v) is 6.74. The second kappa shape index (κ2) is 7.26. The molecule has 0 spiro atoms. The van der Waals surface area contributed by atoms with Crippen LogP contribution in [-0.4, -0.2) is 44.3 Å². The molecule has 1 saturated heterocycles. The molecule has 104 valence electrons. The summed E-state index contributed by atoms with van der Waals surface area (Å²) in [6, 6.07) is 10.5. The van der Waals surface area contributed by atoms with Gasteiger partial charge in [0.15, 0.2) is 0 Å². The summed E-state index contributed by atoms with van der Waals surface area (Å²) >= 11 is 0. The number of benzene rings is 1. The lowest BCUT2D eigenvalue weighted by molar-refractivity contribution is -0.140. The van der Waals surface area contributed by atoms with Crippen molar-refractivity contribution in [3.05, 3.63) is 35.9 Å². The van der Waals surface area contributed by atoms with Gasteiger partial charge in [0.25, 0.3) is 0 Å². The Bertz CT molecular complexity index is 394. The number of hydrogen-bond donors (Lipinski definition) is 0. The number of amides is 1. The summed E-state index contributed by atoms with van der Waals surface area (Å²) in [6.07, 6.45) is 1.51. The van der Waals surface area contributed by atoms with Gasteiger partial charge in [0.1, 0.15) is 0 Å². The zero-order valence-corrected chi connectivity index (χ0v) is 11.4. The standard InChI is InChI=1S/C15H21NO3/c1-18-11-12-19-10-8-15(17)16-9-7-14(16)13-5-3-2-4-6-13/h2-6,14H,7-12H2,1H3/t14-/m1/s1. The Hall–Kier alpha value is -1.39. The molecule has 0 saturated carbocycles. The van der Waals surface area contributed by atoms with E-state index in [9.17, 15) is 4.79 Å². The quantitative estimate of drug-likeness (QED) is 0.706.